The monoisotopic (exact) mass is 641 g/mol. The lowest BCUT2D eigenvalue weighted by Gasteiger charge is -2.69. The average molecular weight is 642 g/mol. The molecule has 0 saturated heterocycles. The summed E-state index contributed by atoms with van der Waals surface area (Å²) in [7, 11) is 0. The zero-order valence-electron chi connectivity index (χ0n) is 29.3. The molecular weight excluding hydrogens is 585 g/mol. The Balaban J connectivity index is 1.08. The Morgan fingerprint density at radius 1 is 0.830 bits per heavy atom. The molecule has 9 unspecified atom stereocenters. The fraction of sp³-hybridized carbons (Fsp3) is 0.667. The van der Waals surface area contributed by atoms with Crippen LogP contribution in [0.25, 0.3) is 0 Å². The van der Waals surface area contributed by atoms with Gasteiger partial charge in [-0.15, -0.1) is 0 Å². The van der Waals surface area contributed by atoms with Crippen molar-refractivity contribution < 1.29 is 19.1 Å². The van der Waals surface area contributed by atoms with Crippen molar-refractivity contribution >= 4 is 11.7 Å². The van der Waals surface area contributed by atoms with Crippen LogP contribution >= 0.6 is 0 Å². The number of Topliss-reactive ketones (excluding diaryl/α,β-unsaturated/α-hetero) is 1. The average Bonchev–Trinajstić information content (AvgIpc) is 3.47. The number of carbonyl (C=O) groups excluding carboxylic acids is 2. The van der Waals surface area contributed by atoms with E-state index < -0.39 is 11.7 Å². The first-order valence-corrected chi connectivity index (χ1v) is 18.6. The lowest BCUT2D eigenvalue weighted by molar-refractivity contribution is -0.214. The van der Waals surface area contributed by atoms with Crippen LogP contribution in [-0.4, -0.2) is 22.9 Å². The fourth-order valence-electron chi connectivity index (χ4n) is 13.1. The normalized spacial score (nSPS) is 38.8. The maximum Gasteiger partial charge on any atom is 0.254 e. The van der Waals surface area contributed by atoms with E-state index in [9.17, 15) is 14.7 Å². The van der Waals surface area contributed by atoms with Crippen LogP contribution in [0.3, 0.4) is 0 Å². The second-order valence-electron chi connectivity index (χ2n) is 17.7. The number of hydrogen-bond acceptors (Lipinski definition) is 3. The summed E-state index contributed by atoms with van der Waals surface area (Å²) in [4.78, 5) is 25.0. The smallest absolute Gasteiger partial charge is 0.254 e. The molecule has 5 heteroatoms. The zero-order valence-corrected chi connectivity index (χ0v) is 29.3. The molecule has 7 rings (SSSR count). The standard InChI is InChI=1S/C42H56FNO3/c1-26(45)29-9-6-8-28(22-29)25-44-38(47)31-23-27(11-13-34(31)43)24-42-18-7-10-33(42)30-12-14-36-40(4,32(30)15-21-42)19-16-35-39(2,3)37(46)17-20-41(35,36)5/h6,8-9,11,13,22-23,30,32-33,35-37,46H,7,10,12,14-21,24-25H2,1-5H3,(H,44,47). The second kappa shape index (κ2) is 11.8. The molecule has 1 amide bonds. The molecule has 2 aromatic rings. The summed E-state index contributed by atoms with van der Waals surface area (Å²) in [5.41, 5.74) is 3.53. The SMILES string of the molecule is CC(=O)c1cccc(CNC(=O)c2cc(CC34CCCC3C3CCC5C(C)(CCC6C(C)(C)C(O)CCC65C)C3CC4)ccc2F)c1. The van der Waals surface area contributed by atoms with Crippen molar-refractivity contribution in [1.82, 2.24) is 5.32 Å². The molecule has 0 aromatic heterocycles. The molecule has 0 aliphatic heterocycles. The minimum Gasteiger partial charge on any atom is -0.393 e. The van der Waals surface area contributed by atoms with E-state index in [1.165, 1.54) is 77.2 Å². The summed E-state index contributed by atoms with van der Waals surface area (Å²) in [5, 5.41) is 13.9. The van der Waals surface area contributed by atoms with Gasteiger partial charge in [0.25, 0.3) is 5.91 Å². The molecule has 0 spiro atoms. The number of aliphatic hydroxyl groups excluding tert-OH is 1. The maximum atomic E-state index is 15.1. The largest absolute Gasteiger partial charge is 0.393 e. The van der Waals surface area contributed by atoms with Crippen LogP contribution in [0.5, 0.6) is 0 Å². The lowest BCUT2D eigenvalue weighted by atomic mass is 9.36. The lowest BCUT2D eigenvalue weighted by Crippen LogP contribution is -2.63. The van der Waals surface area contributed by atoms with Gasteiger partial charge < -0.3 is 10.4 Å². The first-order valence-electron chi connectivity index (χ1n) is 18.6. The zero-order chi connectivity index (χ0) is 33.4. The Bertz CT molecular complexity index is 1550. The number of benzene rings is 2. The van der Waals surface area contributed by atoms with Crippen molar-refractivity contribution in [1.29, 1.82) is 0 Å². The van der Waals surface area contributed by atoms with Gasteiger partial charge >= 0.3 is 0 Å². The third kappa shape index (κ3) is 5.33. The molecule has 47 heavy (non-hydrogen) atoms. The van der Waals surface area contributed by atoms with Crippen molar-refractivity contribution in [3.8, 4) is 0 Å². The summed E-state index contributed by atoms with van der Waals surface area (Å²) in [6.07, 6.45) is 14.4. The first-order chi connectivity index (χ1) is 22.3. The number of nitrogens with one attached hydrogen (secondary N) is 1. The summed E-state index contributed by atoms with van der Waals surface area (Å²) < 4.78 is 15.1. The second-order valence-corrected chi connectivity index (χ2v) is 17.7. The molecule has 0 radical (unpaired) electrons. The van der Waals surface area contributed by atoms with Gasteiger partial charge in [0.2, 0.25) is 0 Å². The maximum absolute atomic E-state index is 15.1. The van der Waals surface area contributed by atoms with Gasteiger partial charge in [0.15, 0.2) is 5.78 Å². The highest BCUT2D eigenvalue weighted by Gasteiger charge is 2.66. The molecule has 2 N–H and O–H groups in total. The van der Waals surface area contributed by atoms with Crippen LogP contribution in [-0.2, 0) is 13.0 Å². The molecule has 5 aliphatic rings. The predicted octanol–water partition coefficient (Wildman–Crippen LogP) is 9.33. The van der Waals surface area contributed by atoms with E-state index >= 15 is 4.39 Å². The van der Waals surface area contributed by atoms with E-state index in [-0.39, 0.29) is 34.8 Å². The highest BCUT2D eigenvalue weighted by Crippen LogP contribution is 2.73. The Kier molecular flexibility index (Phi) is 8.29. The summed E-state index contributed by atoms with van der Waals surface area (Å²) >= 11 is 0. The number of carbonyl (C=O) groups is 2. The topological polar surface area (TPSA) is 66.4 Å². The molecule has 254 valence electrons. The number of ketones is 1. The van der Waals surface area contributed by atoms with Crippen LogP contribution in [0.15, 0.2) is 42.5 Å². The first kappa shape index (κ1) is 33.0. The van der Waals surface area contributed by atoms with Crippen LogP contribution < -0.4 is 5.32 Å². The highest BCUT2D eigenvalue weighted by molar-refractivity contribution is 5.95. The molecular formula is C42H56FNO3. The van der Waals surface area contributed by atoms with Gasteiger partial charge in [-0.2, -0.15) is 0 Å². The van der Waals surface area contributed by atoms with Crippen molar-refractivity contribution in [2.45, 2.75) is 124 Å². The summed E-state index contributed by atoms with van der Waals surface area (Å²) in [6.45, 7) is 11.7. The minimum absolute atomic E-state index is 0.0101. The van der Waals surface area contributed by atoms with Gasteiger partial charge in [0, 0.05) is 12.1 Å². The quantitative estimate of drug-likeness (QED) is 0.309. The molecule has 5 fully saturated rings. The number of aliphatic hydroxyl groups is 1. The van der Waals surface area contributed by atoms with Crippen LogP contribution in [0.1, 0.15) is 137 Å². The Hall–Kier alpha value is -2.53. The number of fused-ring (bicyclic) bond motifs is 7. The van der Waals surface area contributed by atoms with E-state index in [2.05, 4.69) is 33.0 Å². The van der Waals surface area contributed by atoms with Gasteiger partial charge in [-0.25, -0.2) is 4.39 Å². The van der Waals surface area contributed by atoms with Gasteiger partial charge in [-0.3, -0.25) is 9.59 Å². The van der Waals surface area contributed by atoms with Crippen LogP contribution in [0.2, 0.25) is 0 Å². The number of hydrogen-bond donors (Lipinski definition) is 2. The number of halogens is 1. The molecule has 4 nitrogen and oxygen atoms in total. The number of rotatable bonds is 6. The third-order valence-electron chi connectivity index (χ3n) is 15.3. The van der Waals surface area contributed by atoms with Gasteiger partial charge in [-0.05, 0) is 158 Å². The van der Waals surface area contributed by atoms with Gasteiger partial charge in [0.05, 0.1) is 11.7 Å². The van der Waals surface area contributed by atoms with Crippen molar-refractivity contribution in [2.75, 3.05) is 0 Å². The molecule has 5 aliphatic carbocycles. The molecule has 0 bridgehead atoms. The van der Waals surface area contributed by atoms with E-state index in [1.807, 2.05) is 24.3 Å². The minimum atomic E-state index is -0.485. The van der Waals surface area contributed by atoms with Crippen LogP contribution in [0.4, 0.5) is 4.39 Å². The Labute approximate surface area is 281 Å². The summed E-state index contributed by atoms with van der Waals surface area (Å²) in [5.74, 6) is 2.64. The van der Waals surface area contributed by atoms with Crippen molar-refractivity contribution in [2.24, 2.45) is 51.2 Å². The molecule has 0 heterocycles. The fourth-order valence-corrected chi connectivity index (χ4v) is 13.1. The highest BCUT2D eigenvalue weighted by atomic mass is 19.1. The molecule has 5 saturated carbocycles. The van der Waals surface area contributed by atoms with E-state index in [1.54, 1.807) is 12.1 Å². The van der Waals surface area contributed by atoms with Crippen molar-refractivity contribution in [3.63, 3.8) is 0 Å². The van der Waals surface area contributed by atoms with Gasteiger partial charge in [-0.1, -0.05) is 58.4 Å². The summed E-state index contributed by atoms with van der Waals surface area (Å²) in [6, 6.07) is 12.4. The molecule has 2 aromatic carbocycles. The predicted molar refractivity (Wildman–Crippen MR) is 184 cm³/mol. The Morgan fingerprint density at radius 2 is 1.62 bits per heavy atom. The van der Waals surface area contributed by atoms with Crippen LogP contribution in [0, 0.1) is 57.1 Å². The van der Waals surface area contributed by atoms with Gasteiger partial charge in [0.1, 0.15) is 5.82 Å². The van der Waals surface area contributed by atoms with Crippen molar-refractivity contribution in [3.05, 3.63) is 70.5 Å². The molecule has 9 atom stereocenters. The number of amides is 1. The third-order valence-corrected chi connectivity index (χ3v) is 15.3. The van der Waals surface area contributed by atoms with E-state index in [0.717, 1.165) is 41.7 Å². The van der Waals surface area contributed by atoms with E-state index in [4.69, 9.17) is 0 Å². The Morgan fingerprint density at radius 3 is 2.40 bits per heavy atom. The van der Waals surface area contributed by atoms with E-state index in [0.29, 0.717) is 28.2 Å².